The quantitative estimate of drug-likeness (QED) is 0.521. The van der Waals surface area contributed by atoms with E-state index in [4.69, 9.17) is 4.74 Å². The normalized spacial score (nSPS) is 10.5. The number of hydrogen-bond donors (Lipinski definition) is 1. The van der Waals surface area contributed by atoms with Gasteiger partial charge in [-0.2, -0.15) is 5.10 Å². The lowest BCUT2D eigenvalue weighted by molar-refractivity contribution is 0.0977. The van der Waals surface area contributed by atoms with Gasteiger partial charge in [0.05, 0.1) is 13.2 Å². The number of carbonyl (C=O) groups is 1. The highest BCUT2D eigenvalue weighted by Crippen LogP contribution is 1.99. The Balaban J connectivity index is 2.40. The van der Waals surface area contributed by atoms with E-state index < -0.39 is 0 Å². The van der Waals surface area contributed by atoms with E-state index in [0.29, 0.717) is 31.9 Å². The van der Waals surface area contributed by atoms with Gasteiger partial charge in [-0.25, -0.2) is 0 Å². The third-order valence-electron chi connectivity index (χ3n) is 2.07. The zero-order valence-corrected chi connectivity index (χ0v) is 9.19. The third kappa shape index (κ3) is 3.45. The minimum atomic E-state index is 0.0606. The highest BCUT2D eigenvalue weighted by Gasteiger charge is 2.09. The molecule has 0 aromatic carbocycles. The van der Waals surface area contributed by atoms with Gasteiger partial charge >= 0.3 is 0 Å². The zero-order valence-electron chi connectivity index (χ0n) is 9.19. The molecule has 0 saturated heterocycles. The van der Waals surface area contributed by atoms with E-state index in [2.05, 4.69) is 10.4 Å². The van der Waals surface area contributed by atoms with Crippen LogP contribution < -0.4 is 5.32 Å². The molecule has 1 aromatic rings. The Labute approximate surface area is 89.4 Å². The predicted octanol–water partition coefficient (Wildman–Crippen LogP) is 0.322. The zero-order chi connectivity index (χ0) is 11.1. The molecule has 1 heterocycles. The van der Waals surface area contributed by atoms with Crippen LogP contribution in [0.1, 0.15) is 17.4 Å². The minimum absolute atomic E-state index is 0.0606. The van der Waals surface area contributed by atoms with E-state index >= 15 is 0 Å². The van der Waals surface area contributed by atoms with Crippen molar-refractivity contribution >= 4 is 5.78 Å². The number of nitrogens with zero attached hydrogens (tertiary/aromatic N) is 2. The van der Waals surface area contributed by atoms with Crippen LogP contribution in [-0.2, 0) is 11.3 Å². The van der Waals surface area contributed by atoms with Crippen molar-refractivity contribution in [2.24, 2.45) is 0 Å². The molecule has 1 rings (SSSR count). The molecule has 0 atom stereocenters. The van der Waals surface area contributed by atoms with Crippen molar-refractivity contribution < 1.29 is 9.53 Å². The van der Waals surface area contributed by atoms with Gasteiger partial charge in [-0.1, -0.05) is 0 Å². The molecule has 5 heteroatoms. The molecular formula is C10H17N3O2. The van der Waals surface area contributed by atoms with Crippen LogP contribution in [-0.4, -0.2) is 42.4 Å². The first-order valence-electron chi connectivity index (χ1n) is 5.04. The molecule has 84 valence electrons. The second kappa shape index (κ2) is 6.31. The summed E-state index contributed by atoms with van der Waals surface area (Å²) in [5.41, 5.74) is 0.655. The summed E-state index contributed by atoms with van der Waals surface area (Å²) in [4.78, 5) is 11.7. The first kappa shape index (κ1) is 11.9. The lowest BCUT2D eigenvalue weighted by Gasteiger charge is -2.05. The Morgan fingerprint density at radius 2 is 2.47 bits per heavy atom. The number of carbonyl (C=O) groups excluding carboxylic acids is 1. The molecule has 0 fully saturated rings. The molecule has 0 amide bonds. The van der Waals surface area contributed by atoms with Gasteiger partial charge in [0, 0.05) is 26.4 Å². The number of aromatic nitrogens is 2. The number of nitrogens with one attached hydrogen (secondary N) is 1. The third-order valence-corrected chi connectivity index (χ3v) is 2.07. The molecular weight excluding hydrogens is 194 g/mol. The average Bonchev–Trinajstić information content (AvgIpc) is 2.72. The minimum Gasteiger partial charge on any atom is -0.383 e. The van der Waals surface area contributed by atoms with E-state index in [1.54, 1.807) is 24.1 Å². The summed E-state index contributed by atoms with van der Waals surface area (Å²) in [6, 6.07) is 1.74. The second-order valence-corrected chi connectivity index (χ2v) is 3.12. The van der Waals surface area contributed by atoms with Crippen molar-refractivity contribution in [2.75, 3.05) is 26.8 Å². The number of rotatable bonds is 7. The Morgan fingerprint density at radius 3 is 3.13 bits per heavy atom. The smallest absolute Gasteiger partial charge is 0.194 e. The summed E-state index contributed by atoms with van der Waals surface area (Å²) in [7, 11) is 1.63. The van der Waals surface area contributed by atoms with Gasteiger partial charge in [0.15, 0.2) is 5.78 Å². The molecule has 0 radical (unpaired) electrons. The number of ether oxygens (including phenoxy) is 1. The Bertz CT molecular complexity index is 309. The van der Waals surface area contributed by atoms with E-state index in [1.165, 1.54) is 0 Å². The molecule has 15 heavy (non-hydrogen) atoms. The largest absolute Gasteiger partial charge is 0.383 e. The second-order valence-electron chi connectivity index (χ2n) is 3.12. The molecule has 0 bridgehead atoms. The summed E-state index contributed by atoms with van der Waals surface area (Å²) in [6.45, 7) is 4.30. The molecule has 5 nitrogen and oxygen atoms in total. The molecule has 0 aliphatic heterocycles. The number of hydrogen-bond acceptors (Lipinski definition) is 4. The van der Waals surface area contributed by atoms with Gasteiger partial charge in [-0.15, -0.1) is 0 Å². The van der Waals surface area contributed by atoms with Gasteiger partial charge < -0.3 is 10.1 Å². The molecule has 0 unspecified atom stereocenters. The SMILES string of the molecule is CCn1nccc1C(=O)CNCCOC. The van der Waals surface area contributed by atoms with Crippen LogP contribution in [0.25, 0.3) is 0 Å². The Hall–Kier alpha value is -1.20. The van der Waals surface area contributed by atoms with Crippen LogP contribution in [0.5, 0.6) is 0 Å². The van der Waals surface area contributed by atoms with E-state index in [-0.39, 0.29) is 5.78 Å². The van der Waals surface area contributed by atoms with Crippen LogP contribution in [0.4, 0.5) is 0 Å². The molecule has 0 spiro atoms. The van der Waals surface area contributed by atoms with Gasteiger partial charge in [0.1, 0.15) is 5.69 Å². The van der Waals surface area contributed by atoms with Crippen molar-refractivity contribution in [3.8, 4) is 0 Å². The average molecular weight is 211 g/mol. The van der Waals surface area contributed by atoms with Crippen molar-refractivity contribution in [1.29, 1.82) is 0 Å². The highest BCUT2D eigenvalue weighted by molar-refractivity contribution is 5.96. The Morgan fingerprint density at radius 1 is 1.67 bits per heavy atom. The number of aryl methyl sites for hydroxylation is 1. The summed E-state index contributed by atoms with van der Waals surface area (Å²) in [6.07, 6.45) is 1.64. The van der Waals surface area contributed by atoms with E-state index in [9.17, 15) is 4.79 Å². The fourth-order valence-corrected chi connectivity index (χ4v) is 1.29. The summed E-state index contributed by atoms with van der Waals surface area (Å²) in [5.74, 6) is 0.0606. The first-order valence-corrected chi connectivity index (χ1v) is 5.04. The predicted molar refractivity (Wildman–Crippen MR) is 57.0 cm³/mol. The van der Waals surface area contributed by atoms with Crippen molar-refractivity contribution in [3.63, 3.8) is 0 Å². The molecule has 0 aliphatic rings. The monoisotopic (exact) mass is 211 g/mol. The fraction of sp³-hybridized carbons (Fsp3) is 0.600. The van der Waals surface area contributed by atoms with Crippen LogP contribution in [0, 0.1) is 0 Å². The van der Waals surface area contributed by atoms with Gasteiger partial charge in [-0.3, -0.25) is 9.48 Å². The Kier molecular flexibility index (Phi) is 5.00. The molecule has 1 aromatic heterocycles. The fourth-order valence-electron chi connectivity index (χ4n) is 1.29. The lowest BCUT2D eigenvalue weighted by Crippen LogP contribution is -2.27. The van der Waals surface area contributed by atoms with Gasteiger partial charge in [0.2, 0.25) is 0 Å². The number of methoxy groups -OCH3 is 1. The van der Waals surface area contributed by atoms with Gasteiger partial charge in [0.25, 0.3) is 0 Å². The van der Waals surface area contributed by atoms with Crippen LogP contribution in [0.15, 0.2) is 12.3 Å². The maximum Gasteiger partial charge on any atom is 0.194 e. The van der Waals surface area contributed by atoms with E-state index in [1.807, 2.05) is 6.92 Å². The topological polar surface area (TPSA) is 56.2 Å². The maximum atomic E-state index is 11.7. The summed E-state index contributed by atoms with van der Waals surface area (Å²) in [5, 5.41) is 7.05. The van der Waals surface area contributed by atoms with Gasteiger partial charge in [-0.05, 0) is 13.0 Å². The van der Waals surface area contributed by atoms with Crippen molar-refractivity contribution in [3.05, 3.63) is 18.0 Å². The molecule has 0 saturated carbocycles. The van der Waals surface area contributed by atoms with E-state index in [0.717, 1.165) is 0 Å². The molecule has 1 N–H and O–H groups in total. The highest BCUT2D eigenvalue weighted by atomic mass is 16.5. The van der Waals surface area contributed by atoms with Crippen molar-refractivity contribution in [2.45, 2.75) is 13.5 Å². The van der Waals surface area contributed by atoms with Crippen LogP contribution in [0.2, 0.25) is 0 Å². The van der Waals surface area contributed by atoms with Crippen LogP contribution in [0.3, 0.4) is 0 Å². The summed E-state index contributed by atoms with van der Waals surface area (Å²) < 4.78 is 6.56. The van der Waals surface area contributed by atoms with Crippen LogP contribution >= 0.6 is 0 Å². The lowest BCUT2D eigenvalue weighted by atomic mass is 10.3. The standard InChI is InChI=1S/C10H17N3O2/c1-3-13-9(4-5-12-13)10(14)8-11-6-7-15-2/h4-5,11H,3,6-8H2,1-2H3. The molecule has 0 aliphatic carbocycles. The summed E-state index contributed by atoms with van der Waals surface area (Å²) >= 11 is 0. The number of Topliss-reactive ketones (excluding diaryl/α,β-unsaturated/α-hetero) is 1. The van der Waals surface area contributed by atoms with Crippen molar-refractivity contribution in [1.82, 2.24) is 15.1 Å². The maximum absolute atomic E-state index is 11.7. The first-order chi connectivity index (χ1) is 7.29. The number of ketones is 1.